The molecule has 0 amide bonds. The highest BCUT2D eigenvalue weighted by Gasteiger charge is 2.24. The molecular formula is C72H46N2O. The van der Waals surface area contributed by atoms with Crippen molar-refractivity contribution in [2.45, 2.75) is 0 Å². The monoisotopic (exact) mass is 954 g/mol. The zero-order valence-electron chi connectivity index (χ0n) is 40.9. The number of fused-ring (bicyclic) bond motifs is 11. The maximum atomic E-state index is 7.63. The van der Waals surface area contributed by atoms with Crippen molar-refractivity contribution in [2.75, 3.05) is 0 Å². The lowest BCUT2D eigenvalue weighted by molar-refractivity contribution is 0.677. The molecule has 0 aliphatic rings. The number of hydrogen-bond acceptors (Lipinski definition) is 1. The third kappa shape index (κ3) is 7.12. The number of furan rings is 1. The van der Waals surface area contributed by atoms with E-state index >= 15 is 0 Å². The first kappa shape index (κ1) is 42.7. The fraction of sp³-hybridized carbons (Fsp3) is 0. The van der Waals surface area contributed by atoms with Crippen molar-refractivity contribution >= 4 is 65.6 Å². The average Bonchev–Trinajstić information content (AvgIpc) is 4.24. The van der Waals surface area contributed by atoms with Crippen LogP contribution in [0.3, 0.4) is 0 Å². The average molecular weight is 955 g/mol. The number of benzene rings is 12. The summed E-state index contributed by atoms with van der Waals surface area (Å²) < 4.78 is 12.5. The van der Waals surface area contributed by atoms with Crippen LogP contribution < -0.4 is 0 Å². The lowest BCUT2D eigenvalue weighted by atomic mass is 9.98. The zero-order valence-corrected chi connectivity index (χ0v) is 40.9. The van der Waals surface area contributed by atoms with E-state index in [-0.39, 0.29) is 0 Å². The molecule has 0 saturated heterocycles. The smallest absolute Gasteiger partial charge is 0.145 e. The maximum absolute atomic E-state index is 7.63. The van der Waals surface area contributed by atoms with E-state index in [2.05, 4.69) is 288 Å². The summed E-state index contributed by atoms with van der Waals surface area (Å²) in [5.41, 5.74) is 22.3. The fourth-order valence-corrected chi connectivity index (χ4v) is 11.7. The molecule has 0 N–H and O–H groups in total. The lowest BCUT2D eigenvalue weighted by Gasteiger charge is -2.14. The van der Waals surface area contributed by atoms with Gasteiger partial charge in [-0.15, -0.1) is 0 Å². The molecule has 0 atom stereocenters. The molecule has 12 aromatic carbocycles. The molecule has 0 aliphatic heterocycles. The van der Waals surface area contributed by atoms with Gasteiger partial charge in [0.15, 0.2) is 0 Å². The summed E-state index contributed by atoms with van der Waals surface area (Å²) in [6.45, 7) is 0. The van der Waals surface area contributed by atoms with Crippen LogP contribution >= 0.6 is 0 Å². The van der Waals surface area contributed by atoms with Crippen molar-refractivity contribution in [1.29, 1.82) is 0 Å². The van der Waals surface area contributed by atoms with Crippen LogP contribution in [0, 0.1) is 0 Å². The minimum Gasteiger partial charge on any atom is -0.455 e. The van der Waals surface area contributed by atoms with E-state index in [4.69, 9.17) is 4.42 Å². The maximum Gasteiger partial charge on any atom is 0.145 e. The van der Waals surface area contributed by atoms with Crippen LogP contribution in [0.4, 0.5) is 0 Å². The Labute approximate surface area is 434 Å². The van der Waals surface area contributed by atoms with Crippen molar-refractivity contribution < 1.29 is 4.42 Å². The van der Waals surface area contributed by atoms with Gasteiger partial charge in [0, 0.05) is 32.9 Å². The molecule has 0 bridgehead atoms. The molecule has 15 rings (SSSR count). The second-order valence-electron chi connectivity index (χ2n) is 19.6. The molecule has 0 unspecified atom stereocenters. The molecule has 3 nitrogen and oxygen atoms in total. The van der Waals surface area contributed by atoms with Crippen LogP contribution in [-0.4, -0.2) is 9.13 Å². The Balaban J connectivity index is 1.04. The van der Waals surface area contributed by atoms with Gasteiger partial charge in [0.1, 0.15) is 11.2 Å². The molecule has 0 aliphatic carbocycles. The molecule has 0 spiro atoms. The van der Waals surface area contributed by atoms with Crippen LogP contribution in [0.5, 0.6) is 0 Å². The van der Waals surface area contributed by atoms with Gasteiger partial charge in [0.05, 0.1) is 32.8 Å². The number of hydrogen-bond donors (Lipinski definition) is 0. The predicted octanol–water partition coefficient (Wildman–Crippen LogP) is 19.8. The van der Waals surface area contributed by atoms with Gasteiger partial charge in [-0.2, -0.15) is 0 Å². The van der Waals surface area contributed by atoms with Gasteiger partial charge < -0.3 is 13.6 Å². The second-order valence-corrected chi connectivity index (χ2v) is 19.6. The Morgan fingerprint density at radius 3 is 0.787 bits per heavy atom. The highest BCUT2D eigenvalue weighted by atomic mass is 16.3. The molecule has 3 heterocycles. The largest absolute Gasteiger partial charge is 0.455 e. The third-order valence-electron chi connectivity index (χ3n) is 15.3. The highest BCUT2D eigenvalue weighted by molar-refractivity contribution is 6.29. The van der Waals surface area contributed by atoms with Crippen molar-refractivity contribution in [3.8, 4) is 78.1 Å². The SMILES string of the molecule is c1ccc(-c2cc(-c3ccccc3)cc(-n3c4ccc(-c5ccccc5)cc4c4c5oc6c(ccc7c6c6cc(-c8ccccc8)ccc6n7-c6cc(-c7ccccc7)cc(-c7ccccc7)c6)c5ccc43)c2)cc1. The summed E-state index contributed by atoms with van der Waals surface area (Å²) in [4.78, 5) is 0. The number of aromatic nitrogens is 2. The minimum atomic E-state index is 0.879. The van der Waals surface area contributed by atoms with Crippen LogP contribution in [0.2, 0.25) is 0 Å². The number of rotatable bonds is 8. The Morgan fingerprint density at radius 2 is 0.480 bits per heavy atom. The van der Waals surface area contributed by atoms with E-state index in [0.29, 0.717) is 0 Å². The summed E-state index contributed by atoms with van der Waals surface area (Å²) in [6, 6.07) is 101. The summed E-state index contributed by atoms with van der Waals surface area (Å²) >= 11 is 0. The van der Waals surface area contributed by atoms with Gasteiger partial charge in [-0.1, -0.05) is 194 Å². The summed E-state index contributed by atoms with van der Waals surface area (Å²) in [5, 5.41) is 6.63. The van der Waals surface area contributed by atoms with E-state index in [1.807, 2.05) is 0 Å². The van der Waals surface area contributed by atoms with Crippen LogP contribution in [0.1, 0.15) is 0 Å². The van der Waals surface area contributed by atoms with Gasteiger partial charge >= 0.3 is 0 Å². The van der Waals surface area contributed by atoms with Gasteiger partial charge in [0.2, 0.25) is 0 Å². The predicted molar refractivity (Wildman–Crippen MR) is 315 cm³/mol. The zero-order chi connectivity index (χ0) is 49.4. The van der Waals surface area contributed by atoms with E-state index in [1.165, 1.54) is 33.4 Å². The molecule has 350 valence electrons. The second kappa shape index (κ2) is 17.4. The standard InChI is InChI=1S/C72H46N2O/c1-7-19-47(20-8-1)53-31-35-65-63(45-53)69-67(73(65)59-41-55(49-23-11-3-12-24-49)39-56(42-59)50-25-13-4-14-26-50)37-33-61-62-34-38-68-70(72(62)75-71(61)69)64-46-54(48-21-9-2-10-22-48)32-36-66(64)74(68)60-43-57(51-27-15-5-16-28-51)40-58(44-60)52-29-17-6-18-30-52/h1-46H. The van der Waals surface area contributed by atoms with Crippen LogP contribution in [-0.2, 0) is 0 Å². The molecular weight excluding hydrogens is 909 g/mol. The first-order valence-electron chi connectivity index (χ1n) is 25.7. The quantitative estimate of drug-likeness (QED) is 0.149. The van der Waals surface area contributed by atoms with E-state index < -0.39 is 0 Å². The Kier molecular flexibility index (Phi) is 9.89. The van der Waals surface area contributed by atoms with Crippen molar-refractivity contribution in [3.63, 3.8) is 0 Å². The van der Waals surface area contributed by atoms with Gasteiger partial charge in [-0.05, 0) is 152 Å². The third-order valence-corrected chi connectivity index (χ3v) is 15.3. The van der Waals surface area contributed by atoms with Gasteiger partial charge in [0.25, 0.3) is 0 Å². The van der Waals surface area contributed by atoms with Gasteiger partial charge in [-0.25, -0.2) is 0 Å². The molecule has 3 heteroatoms. The summed E-state index contributed by atoms with van der Waals surface area (Å²) in [7, 11) is 0. The lowest BCUT2D eigenvalue weighted by Crippen LogP contribution is -1.96. The molecule has 0 saturated carbocycles. The first-order valence-corrected chi connectivity index (χ1v) is 25.7. The minimum absolute atomic E-state index is 0.879. The molecule has 15 aromatic rings. The van der Waals surface area contributed by atoms with Crippen molar-refractivity contribution in [3.05, 3.63) is 279 Å². The van der Waals surface area contributed by atoms with E-state index in [1.54, 1.807) is 0 Å². The van der Waals surface area contributed by atoms with Crippen LogP contribution in [0.15, 0.2) is 283 Å². The Morgan fingerprint density at radius 1 is 0.200 bits per heavy atom. The fourth-order valence-electron chi connectivity index (χ4n) is 11.7. The number of nitrogens with zero attached hydrogens (tertiary/aromatic N) is 2. The summed E-state index contributed by atoms with van der Waals surface area (Å²) in [5.74, 6) is 0. The van der Waals surface area contributed by atoms with Crippen LogP contribution in [0.25, 0.3) is 144 Å². The van der Waals surface area contributed by atoms with E-state index in [0.717, 1.165) is 110 Å². The molecule has 75 heavy (non-hydrogen) atoms. The van der Waals surface area contributed by atoms with Gasteiger partial charge in [-0.3, -0.25) is 0 Å². The normalized spacial score (nSPS) is 11.7. The first-order chi connectivity index (χ1) is 37.2. The molecule has 0 radical (unpaired) electrons. The van der Waals surface area contributed by atoms with Crippen molar-refractivity contribution in [2.24, 2.45) is 0 Å². The highest BCUT2D eigenvalue weighted by Crippen LogP contribution is 2.47. The summed E-state index contributed by atoms with van der Waals surface area (Å²) in [6.07, 6.45) is 0. The van der Waals surface area contributed by atoms with Crippen molar-refractivity contribution in [1.82, 2.24) is 9.13 Å². The Hall–Kier alpha value is -9.96. The topological polar surface area (TPSA) is 23.0 Å². The molecule has 3 aromatic heterocycles. The Bertz CT molecular complexity index is 4230. The molecule has 0 fully saturated rings. The van der Waals surface area contributed by atoms with E-state index in [9.17, 15) is 0 Å².